The summed E-state index contributed by atoms with van der Waals surface area (Å²) < 4.78 is 7.38. The minimum Gasteiger partial charge on any atom is -0.311 e. The van der Waals surface area contributed by atoms with Crippen molar-refractivity contribution in [2.75, 3.05) is 14.7 Å². The molecule has 3 heterocycles. The fourth-order valence-corrected chi connectivity index (χ4v) is 22.5. The zero-order chi connectivity index (χ0) is 93.7. The van der Waals surface area contributed by atoms with Gasteiger partial charge in [0, 0.05) is 111 Å². The maximum absolute atomic E-state index is 2.47. The summed E-state index contributed by atoms with van der Waals surface area (Å²) >= 11 is 0. The van der Waals surface area contributed by atoms with Crippen LogP contribution in [0.3, 0.4) is 0 Å². The number of hydrogen-bond acceptors (Lipinski definition) is 3. The van der Waals surface area contributed by atoms with Gasteiger partial charge in [-0.3, -0.25) is 0 Å². The summed E-state index contributed by atoms with van der Waals surface area (Å²) in [7, 11) is 0. The van der Waals surface area contributed by atoms with E-state index in [9.17, 15) is 0 Å². The van der Waals surface area contributed by atoms with E-state index in [1.165, 1.54) is 185 Å². The van der Waals surface area contributed by atoms with Crippen molar-refractivity contribution in [1.29, 1.82) is 0 Å². The fourth-order valence-electron chi connectivity index (χ4n) is 22.5. The number of para-hydroxylation sites is 3. The van der Waals surface area contributed by atoms with Gasteiger partial charge in [0.15, 0.2) is 0 Å². The molecule has 0 unspecified atom stereocenters. The van der Waals surface area contributed by atoms with Crippen LogP contribution in [0, 0.1) is 0 Å². The Morgan fingerprint density at radius 1 is 0.127 bits per heavy atom. The lowest BCUT2D eigenvalue weighted by Crippen LogP contribution is -2.10. The molecule has 0 atom stereocenters. The van der Waals surface area contributed by atoms with Crippen LogP contribution < -0.4 is 14.7 Å². The summed E-state index contributed by atoms with van der Waals surface area (Å²) in [6.45, 7) is 0. The van der Waals surface area contributed by atoms with Crippen molar-refractivity contribution in [3.8, 4) is 61.6 Å². The van der Waals surface area contributed by atoms with Gasteiger partial charge in [-0.05, 0) is 273 Å². The molecule has 0 aliphatic heterocycles. The third kappa shape index (κ3) is 14.2. The highest BCUT2D eigenvalue weighted by Crippen LogP contribution is 2.52. The molecule has 3 aromatic heterocycles. The molecule has 0 saturated carbocycles. The topological polar surface area (TPSA) is 24.5 Å². The van der Waals surface area contributed by atoms with E-state index in [-0.39, 0.29) is 0 Å². The average Bonchev–Trinajstić information content (AvgIpc) is 1.51. The molecule has 0 spiro atoms. The molecule has 0 fully saturated rings. The summed E-state index contributed by atoms with van der Waals surface area (Å²) in [5.41, 5.74) is 30.8. The van der Waals surface area contributed by atoms with Crippen molar-refractivity contribution >= 4 is 192 Å². The van der Waals surface area contributed by atoms with Crippen LogP contribution in [0.25, 0.3) is 202 Å². The Hall–Kier alpha value is -18.9. The van der Waals surface area contributed by atoms with Gasteiger partial charge in [-0.1, -0.05) is 382 Å². The van der Waals surface area contributed by atoms with Gasteiger partial charge in [-0.15, -0.1) is 0 Å². The van der Waals surface area contributed by atoms with E-state index in [1.807, 2.05) is 0 Å². The van der Waals surface area contributed by atoms with E-state index in [1.54, 1.807) is 0 Å². The first kappa shape index (κ1) is 82.6. The number of hydrogen-bond donors (Lipinski definition) is 0. The molecule has 0 radical (unpaired) electrons. The largest absolute Gasteiger partial charge is 0.311 e. The zero-order valence-corrected chi connectivity index (χ0v) is 77.6. The lowest BCUT2D eigenvalue weighted by Gasteiger charge is -2.26. The van der Waals surface area contributed by atoms with Gasteiger partial charge in [0.1, 0.15) is 0 Å². The number of benzene rings is 25. The van der Waals surface area contributed by atoms with Crippen LogP contribution in [0.5, 0.6) is 0 Å². The number of rotatable bonds is 14. The maximum atomic E-state index is 2.47. The first-order valence-electron chi connectivity index (χ1n) is 48.8. The third-order valence-corrected chi connectivity index (χ3v) is 28.9. The van der Waals surface area contributed by atoms with Crippen LogP contribution in [-0.2, 0) is 0 Å². The van der Waals surface area contributed by atoms with Gasteiger partial charge in [0.2, 0.25) is 0 Å². The smallest absolute Gasteiger partial charge is 0.0619 e. The molecule has 142 heavy (non-hydrogen) atoms. The normalized spacial score (nSPS) is 11.7. The average molecular weight is 1810 g/mol. The van der Waals surface area contributed by atoms with Crippen molar-refractivity contribution in [2.24, 2.45) is 0 Å². The van der Waals surface area contributed by atoms with E-state index in [0.29, 0.717) is 0 Å². The molecule has 1 aliphatic rings. The van der Waals surface area contributed by atoms with Crippen LogP contribution in [0.15, 0.2) is 546 Å². The van der Waals surface area contributed by atoms with Crippen LogP contribution in [0.1, 0.15) is 0 Å². The zero-order valence-electron chi connectivity index (χ0n) is 77.6. The van der Waals surface area contributed by atoms with Gasteiger partial charge >= 0.3 is 0 Å². The minimum absolute atomic E-state index is 1.10. The molecule has 6 heteroatoms. The van der Waals surface area contributed by atoms with Gasteiger partial charge in [-0.2, -0.15) is 0 Å². The van der Waals surface area contributed by atoms with E-state index >= 15 is 0 Å². The van der Waals surface area contributed by atoms with Gasteiger partial charge < -0.3 is 28.4 Å². The minimum atomic E-state index is 1.10. The highest BCUT2D eigenvalue weighted by molar-refractivity contribution is 6.32. The van der Waals surface area contributed by atoms with E-state index in [0.717, 1.165) is 68.2 Å². The second-order valence-electron chi connectivity index (χ2n) is 37.0. The molecule has 1 aliphatic carbocycles. The molecule has 28 aromatic rings. The Kier molecular flexibility index (Phi) is 20.2. The van der Waals surface area contributed by atoms with Crippen LogP contribution in [0.4, 0.5) is 51.2 Å². The quantitative estimate of drug-likeness (QED) is 0.108. The Balaban J connectivity index is 0.000000107. The first-order valence-corrected chi connectivity index (χ1v) is 48.8. The number of aromatic nitrogens is 3. The van der Waals surface area contributed by atoms with Gasteiger partial charge in [-0.25, -0.2) is 0 Å². The highest BCUT2D eigenvalue weighted by Gasteiger charge is 2.28. The van der Waals surface area contributed by atoms with E-state index in [2.05, 4.69) is 574 Å². The third-order valence-electron chi connectivity index (χ3n) is 28.9. The van der Waals surface area contributed by atoms with Crippen LogP contribution >= 0.6 is 0 Å². The van der Waals surface area contributed by atoms with Crippen LogP contribution in [0.2, 0.25) is 0 Å². The van der Waals surface area contributed by atoms with Gasteiger partial charge in [0.05, 0.1) is 33.1 Å². The molecule has 6 nitrogen and oxygen atoms in total. The molecule has 664 valence electrons. The highest BCUT2D eigenvalue weighted by atomic mass is 15.2. The van der Waals surface area contributed by atoms with Crippen molar-refractivity contribution < 1.29 is 0 Å². The van der Waals surface area contributed by atoms with Crippen LogP contribution in [-0.4, -0.2) is 13.7 Å². The summed E-state index contributed by atoms with van der Waals surface area (Å²) in [4.78, 5) is 7.05. The Morgan fingerprint density at radius 3 is 0.958 bits per heavy atom. The van der Waals surface area contributed by atoms with E-state index < -0.39 is 0 Å². The summed E-state index contributed by atoms with van der Waals surface area (Å²) in [6.07, 6.45) is 0. The Morgan fingerprint density at radius 2 is 0.430 bits per heavy atom. The van der Waals surface area contributed by atoms with Crippen molar-refractivity contribution in [3.05, 3.63) is 546 Å². The Bertz CT molecular complexity index is 9790. The standard InChI is InChI=1S/C50H32N2.C44H30N2.C42H28N2/c1-2-14-38(15-3-1)51(39-28-25-34(26-29-39)37-24-23-33-11-4-5-12-36(33)31-37)40-16-9-17-41(32-40)52-46-22-10-21-45-43-19-7-6-18-42(43)44-20-8-13-35-27-30-47(52)50(48(35)44)49(45)46;1-3-11-31(12-4-1)32-19-23-36(24-20-32)45(35-15-5-2-6-16-35)37-25-27-38(28-26-37)46-42-30-22-33-13-7-9-17-39(33)43(42)41-29-21-34-14-8-10-18-40(34)44(41)46;1-2-15-33(16-3-1)43(36-24-21-29-11-4-5-14-32(29)27-36)34-17-10-18-35(28-34)44-40-26-23-30-12-6-8-19-37(30)41(40)39-25-22-31-13-7-9-20-38(31)42(39)44/h1-32H;1-30H;1-28H. The lowest BCUT2D eigenvalue weighted by molar-refractivity contribution is 1.17. The fraction of sp³-hybridized carbons (Fsp3) is 0. The number of anilines is 9. The summed E-state index contributed by atoms with van der Waals surface area (Å²) in [5.74, 6) is 0. The molecular weight excluding hydrogens is 1720 g/mol. The molecule has 0 amide bonds. The van der Waals surface area contributed by atoms with E-state index in [4.69, 9.17) is 0 Å². The predicted molar refractivity (Wildman–Crippen MR) is 604 cm³/mol. The van der Waals surface area contributed by atoms with Gasteiger partial charge in [0.25, 0.3) is 0 Å². The monoisotopic (exact) mass is 1810 g/mol. The molecule has 0 saturated heterocycles. The lowest BCUT2D eigenvalue weighted by atomic mass is 9.93. The summed E-state index contributed by atoms with van der Waals surface area (Å²) in [5, 5.41) is 25.4. The SMILES string of the molecule is c1ccc(-c2ccc(N(c3ccccc3)c3ccc(-n4c5ccc6ccccc6c5c5ccc6ccccc6c54)cc3)cc2)cc1.c1ccc(N(c2ccc(-c3ccc4ccccc4c3)cc2)c2cccc(-n3c4cccc5c4c4c6c(cccc6ccc43)-c3ccccc3-5)c2)cc1.c1ccc(N(c2cccc(-n3c4ccc5ccccc5c4c4ccc5ccccc5c43)c2)c2ccc3ccccc3c2)cc1. The maximum Gasteiger partial charge on any atom is 0.0619 e. The molecule has 25 aromatic carbocycles. The van der Waals surface area contributed by atoms with Crippen molar-refractivity contribution in [2.45, 2.75) is 0 Å². The predicted octanol–water partition coefficient (Wildman–Crippen LogP) is 37.8. The second kappa shape index (κ2) is 34.7. The molecule has 29 rings (SSSR count). The molecule has 0 bridgehead atoms. The molecular formula is C136H90N6. The summed E-state index contributed by atoms with van der Waals surface area (Å²) in [6, 6.07) is 198. The first-order chi connectivity index (χ1) is 70.5. The Labute approximate surface area is 822 Å². The number of nitrogens with zero attached hydrogens (tertiary/aromatic N) is 6. The molecule has 0 N–H and O–H groups in total. The van der Waals surface area contributed by atoms with Crippen molar-refractivity contribution in [3.63, 3.8) is 0 Å². The number of fused-ring (bicyclic) bond motifs is 19. The second-order valence-corrected chi connectivity index (χ2v) is 37.0. The van der Waals surface area contributed by atoms with Crippen molar-refractivity contribution in [1.82, 2.24) is 13.7 Å².